The van der Waals surface area contributed by atoms with Gasteiger partial charge in [0.25, 0.3) is 0 Å². The number of fused-ring (bicyclic) bond motifs is 1. The van der Waals surface area contributed by atoms with Crippen molar-refractivity contribution in [1.82, 2.24) is 9.38 Å². The van der Waals surface area contributed by atoms with Gasteiger partial charge in [-0.15, -0.1) is 0 Å². The number of hydrogen-bond donors (Lipinski definition) is 1. The minimum atomic E-state index is 0.376. The highest BCUT2D eigenvalue weighted by Gasteiger charge is 2.12. The van der Waals surface area contributed by atoms with Crippen LogP contribution in [0.3, 0.4) is 0 Å². The van der Waals surface area contributed by atoms with Crippen molar-refractivity contribution in [3.63, 3.8) is 0 Å². The monoisotopic (exact) mass is 219 g/mol. The molecule has 2 heterocycles. The van der Waals surface area contributed by atoms with Crippen molar-refractivity contribution in [3.05, 3.63) is 29.8 Å². The summed E-state index contributed by atoms with van der Waals surface area (Å²) >= 11 is 0. The number of aromatic nitrogens is 2. The van der Waals surface area contributed by atoms with Gasteiger partial charge < -0.3 is 14.9 Å². The van der Waals surface area contributed by atoms with Gasteiger partial charge in [-0.05, 0) is 6.07 Å². The Morgan fingerprint density at radius 2 is 2.25 bits per heavy atom. The maximum atomic E-state index is 5.70. The molecule has 2 aromatic rings. The molecular weight excluding hydrogens is 202 g/mol. The zero-order valence-corrected chi connectivity index (χ0v) is 9.90. The molecule has 2 N–H and O–H groups in total. The Morgan fingerprint density at radius 1 is 1.50 bits per heavy atom. The molecule has 0 fully saturated rings. The van der Waals surface area contributed by atoms with Crippen LogP contribution in [-0.4, -0.2) is 16.5 Å². The van der Waals surface area contributed by atoms with E-state index in [9.17, 15) is 0 Å². The van der Waals surface area contributed by atoms with Crippen LogP contribution in [0.25, 0.3) is 5.52 Å². The summed E-state index contributed by atoms with van der Waals surface area (Å²) in [6.45, 7) is 4.70. The number of pyridine rings is 1. The molecule has 0 aromatic carbocycles. The van der Waals surface area contributed by atoms with Crippen molar-refractivity contribution in [2.24, 2.45) is 5.73 Å². The number of ether oxygens (including phenoxy) is 1. The van der Waals surface area contributed by atoms with Gasteiger partial charge in [0, 0.05) is 24.7 Å². The third kappa shape index (κ3) is 1.65. The van der Waals surface area contributed by atoms with Crippen molar-refractivity contribution >= 4 is 5.52 Å². The quantitative estimate of drug-likeness (QED) is 0.858. The summed E-state index contributed by atoms with van der Waals surface area (Å²) in [6.07, 6.45) is 1.98. The summed E-state index contributed by atoms with van der Waals surface area (Å²) in [5.74, 6) is 2.25. The molecular formula is C12H17N3O. The highest BCUT2D eigenvalue weighted by atomic mass is 16.5. The number of methoxy groups -OCH3 is 1. The first-order chi connectivity index (χ1) is 7.67. The van der Waals surface area contributed by atoms with Crippen LogP contribution in [0.2, 0.25) is 0 Å². The molecule has 0 atom stereocenters. The third-order valence-electron chi connectivity index (χ3n) is 2.66. The summed E-state index contributed by atoms with van der Waals surface area (Å²) in [5.41, 5.74) is 7.66. The van der Waals surface area contributed by atoms with Gasteiger partial charge in [-0.25, -0.2) is 4.98 Å². The molecule has 0 aliphatic heterocycles. The van der Waals surface area contributed by atoms with Gasteiger partial charge in [-0.2, -0.15) is 0 Å². The second-order valence-electron chi connectivity index (χ2n) is 4.10. The van der Waals surface area contributed by atoms with Crippen LogP contribution in [0.4, 0.5) is 0 Å². The lowest BCUT2D eigenvalue weighted by molar-refractivity contribution is 0.414. The molecule has 0 aliphatic carbocycles. The predicted molar refractivity (Wildman–Crippen MR) is 63.7 cm³/mol. The largest absolute Gasteiger partial charge is 0.497 e. The molecule has 0 radical (unpaired) electrons. The van der Waals surface area contributed by atoms with Gasteiger partial charge in [0.1, 0.15) is 11.6 Å². The Bertz CT molecular complexity index is 502. The fraction of sp³-hybridized carbons (Fsp3) is 0.417. The van der Waals surface area contributed by atoms with Gasteiger partial charge in [0.15, 0.2) is 0 Å². The standard InChI is InChI=1S/C12H17N3O/c1-8(2)12-14-10(7-13)11-6-9(16-3)4-5-15(11)12/h4-6,8H,7,13H2,1-3H3. The van der Waals surface area contributed by atoms with E-state index in [1.807, 2.05) is 18.3 Å². The molecule has 0 amide bonds. The van der Waals surface area contributed by atoms with Gasteiger partial charge >= 0.3 is 0 Å². The first kappa shape index (κ1) is 11.0. The number of imidazole rings is 1. The van der Waals surface area contributed by atoms with Crippen LogP contribution in [0, 0.1) is 0 Å². The van der Waals surface area contributed by atoms with Crippen molar-refractivity contribution in [2.75, 3.05) is 7.11 Å². The molecule has 2 rings (SSSR count). The van der Waals surface area contributed by atoms with Gasteiger partial charge in [-0.3, -0.25) is 0 Å². The van der Waals surface area contributed by atoms with E-state index in [1.54, 1.807) is 7.11 Å². The highest BCUT2D eigenvalue weighted by Crippen LogP contribution is 2.22. The van der Waals surface area contributed by atoms with E-state index >= 15 is 0 Å². The first-order valence-corrected chi connectivity index (χ1v) is 5.42. The Hall–Kier alpha value is -1.55. The number of nitrogens with zero attached hydrogens (tertiary/aromatic N) is 2. The molecule has 0 saturated heterocycles. The number of nitrogens with two attached hydrogens (primary N) is 1. The Kier molecular flexibility index (Phi) is 2.83. The van der Waals surface area contributed by atoms with E-state index in [-0.39, 0.29) is 0 Å². The van der Waals surface area contributed by atoms with Crippen molar-refractivity contribution in [2.45, 2.75) is 26.3 Å². The predicted octanol–water partition coefficient (Wildman–Crippen LogP) is 1.92. The van der Waals surface area contributed by atoms with E-state index in [2.05, 4.69) is 23.2 Å². The van der Waals surface area contributed by atoms with E-state index in [4.69, 9.17) is 10.5 Å². The van der Waals surface area contributed by atoms with Crippen molar-refractivity contribution < 1.29 is 4.74 Å². The minimum absolute atomic E-state index is 0.376. The Balaban J connectivity index is 2.69. The van der Waals surface area contributed by atoms with E-state index in [0.29, 0.717) is 12.5 Å². The maximum Gasteiger partial charge on any atom is 0.122 e. The van der Waals surface area contributed by atoms with Crippen LogP contribution in [0.5, 0.6) is 5.75 Å². The molecule has 0 bridgehead atoms. The van der Waals surface area contributed by atoms with Crippen LogP contribution in [0.15, 0.2) is 18.3 Å². The van der Waals surface area contributed by atoms with Gasteiger partial charge in [-0.1, -0.05) is 13.8 Å². The lowest BCUT2D eigenvalue weighted by atomic mass is 10.2. The molecule has 0 saturated carbocycles. The molecule has 4 nitrogen and oxygen atoms in total. The van der Waals surface area contributed by atoms with Crippen LogP contribution < -0.4 is 10.5 Å². The lowest BCUT2D eigenvalue weighted by Crippen LogP contribution is -1.97. The van der Waals surface area contributed by atoms with E-state index < -0.39 is 0 Å². The summed E-state index contributed by atoms with van der Waals surface area (Å²) in [7, 11) is 1.66. The molecule has 86 valence electrons. The fourth-order valence-corrected chi connectivity index (χ4v) is 1.84. The summed E-state index contributed by atoms with van der Waals surface area (Å²) in [6, 6.07) is 3.90. The topological polar surface area (TPSA) is 52.5 Å². The van der Waals surface area contributed by atoms with Crippen molar-refractivity contribution in [3.8, 4) is 5.75 Å². The molecule has 4 heteroatoms. The van der Waals surface area contributed by atoms with Gasteiger partial charge in [0.05, 0.1) is 18.3 Å². The Labute approximate surface area is 95.0 Å². The second-order valence-corrected chi connectivity index (χ2v) is 4.10. The summed E-state index contributed by atoms with van der Waals surface area (Å²) < 4.78 is 7.29. The average molecular weight is 219 g/mol. The highest BCUT2D eigenvalue weighted by molar-refractivity contribution is 5.57. The van der Waals surface area contributed by atoms with Gasteiger partial charge in [0.2, 0.25) is 0 Å². The fourth-order valence-electron chi connectivity index (χ4n) is 1.84. The second kappa shape index (κ2) is 4.14. The smallest absolute Gasteiger partial charge is 0.122 e. The van der Waals surface area contributed by atoms with Crippen LogP contribution in [0.1, 0.15) is 31.3 Å². The third-order valence-corrected chi connectivity index (χ3v) is 2.66. The summed E-state index contributed by atoms with van der Waals surface area (Å²) in [4.78, 5) is 4.57. The molecule has 0 aliphatic rings. The van der Waals surface area contributed by atoms with Crippen LogP contribution >= 0.6 is 0 Å². The molecule has 2 aromatic heterocycles. The zero-order chi connectivity index (χ0) is 11.7. The maximum absolute atomic E-state index is 5.70. The summed E-state index contributed by atoms with van der Waals surface area (Å²) in [5, 5.41) is 0. The molecule has 0 unspecified atom stereocenters. The Morgan fingerprint density at radius 3 is 2.81 bits per heavy atom. The normalized spacial score (nSPS) is 11.3. The average Bonchev–Trinajstić information content (AvgIpc) is 2.66. The van der Waals surface area contributed by atoms with E-state index in [0.717, 1.165) is 22.8 Å². The number of rotatable bonds is 3. The van der Waals surface area contributed by atoms with E-state index in [1.165, 1.54) is 0 Å². The van der Waals surface area contributed by atoms with Crippen molar-refractivity contribution in [1.29, 1.82) is 0 Å². The van der Waals surface area contributed by atoms with Crippen LogP contribution in [-0.2, 0) is 6.54 Å². The number of hydrogen-bond acceptors (Lipinski definition) is 3. The SMILES string of the molecule is COc1ccn2c(C(C)C)nc(CN)c2c1. The first-order valence-electron chi connectivity index (χ1n) is 5.42. The zero-order valence-electron chi connectivity index (χ0n) is 9.90. The molecule has 16 heavy (non-hydrogen) atoms. The minimum Gasteiger partial charge on any atom is -0.497 e. The lowest BCUT2D eigenvalue weighted by Gasteiger charge is -2.05. The molecule has 0 spiro atoms.